The Hall–Kier alpha value is -0.570. The molecule has 3 heteroatoms. The van der Waals surface area contributed by atoms with Gasteiger partial charge in [-0.1, -0.05) is 19.8 Å². The van der Waals surface area contributed by atoms with Gasteiger partial charge in [0.2, 0.25) is 0 Å². The molecule has 3 N–H and O–H groups in total. The number of nitrogens with one attached hydrogen (secondary N) is 1. The van der Waals surface area contributed by atoms with Crippen LogP contribution >= 0.6 is 0 Å². The van der Waals surface area contributed by atoms with Gasteiger partial charge in [-0.15, -0.1) is 0 Å². The molecule has 2 unspecified atom stereocenters. The van der Waals surface area contributed by atoms with E-state index >= 15 is 0 Å². The van der Waals surface area contributed by atoms with Crippen molar-refractivity contribution in [3.8, 4) is 0 Å². The van der Waals surface area contributed by atoms with Crippen molar-refractivity contribution in [3.05, 3.63) is 0 Å². The Balaban J connectivity index is 2.24. The van der Waals surface area contributed by atoms with E-state index in [4.69, 9.17) is 15.9 Å². The molecular formula is C9H18N2O. The number of ether oxygens (including phenoxy) is 1. The van der Waals surface area contributed by atoms with Crippen LogP contribution in [0.4, 0.5) is 0 Å². The molecule has 2 atom stereocenters. The first kappa shape index (κ1) is 9.52. The highest BCUT2D eigenvalue weighted by atomic mass is 16.5. The Morgan fingerprint density at radius 3 is 2.75 bits per heavy atom. The predicted octanol–water partition coefficient (Wildman–Crippen LogP) is 1.52. The van der Waals surface area contributed by atoms with Gasteiger partial charge in [0.25, 0.3) is 0 Å². The smallest absolute Gasteiger partial charge is 0.117 e. The third-order valence-corrected chi connectivity index (χ3v) is 2.49. The molecule has 1 aliphatic rings. The highest BCUT2D eigenvalue weighted by Gasteiger charge is 2.21. The molecule has 0 aromatic heterocycles. The molecule has 0 amide bonds. The molecule has 0 radical (unpaired) electrons. The lowest BCUT2D eigenvalue weighted by molar-refractivity contribution is 0.0152. The zero-order valence-electron chi connectivity index (χ0n) is 7.68. The van der Waals surface area contributed by atoms with E-state index in [2.05, 4.69) is 6.92 Å². The van der Waals surface area contributed by atoms with Crippen molar-refractivity contribution in [2.75, 3.05) is 6.61 Å². The van der Waals surface area contributed by atoms with E-state index in [1.165, 1.54) is 19.3 Å². The summed E-state index contributed by atoms with van der Waals surface area (Å²) in [4.78, 5) is 0. The molecular weight excluding hydrogens is 152 g/mol. The molecule has 0 aliphatic heterocycles. The molecule has 1 fully saturated rings. The third kappa shape index (κ3) is 2.81. The Kier molecular flexibility index (Phi) is 3.53. The molecule has 1 rings (SSSR count). The fraction of sp³-hybridized carbons (Fsp3) is 0.889. The summed E-state index contributed by atoms with van der Waals surface area (Å²) < 4.78 is 5.51. The maximum absolute atomic E-state index is 7.03. The summed E-state index contributed by atoms with van der Waals surface area (Å²) in [6, 6.07) is 0. The van der Waals surface area contributed by atoms with Crippen LogP contribution in [0.25, 0.3) is 0 Å². The normalized spacial score (nSPS) is 30.1. The largest absolute Gasteiger partial charge is 0.386 e. The molecule has 0 saturated heterocycles. The van der Waals surface area contributed by atoms with Gasteiger partial charge >= 0.3 is 0 Å². The van der Waals surface area contributed by atoms with Gasteiger partial charge in [0, 0.05) is 0 Å². The van der Waals surface area contributed by atoms with Gasteiger partial charge in [-0.25, -0.2) is 0 Å². The Bertz CT molecular complexity index is 159. The van der Waals surface area contributed by atoms with Gasteiger partial charge in [0.15, 0.2) is 0 Å². The van der Waals surface area contributed by atoms with Crippen molar-refractivity contribution in [2.45, 2.75) is 38.7 Å². The molecule has 1 saturated carbocycles. The van der Waals surface area contributed by atoms with E-state index in [-0.39, 0.29) is 5.84 Å². The van der Waals surface area contributed by atoms with E-state index in [0.29, 0.717) is 18.6 Å². The lowest BCUT2D eigenvalue weighted by Gasteiger charge is -2.28. The van der Waals surface area contributed by atoms with Crippen LogP contribution in [0.5, 0.6) is 0 Å². The minimum atomic E-state index is 0.132. The van der Waals surface area contributed by atoms with Crippen LogP contribution in [-0.2, 0) is 4.74 Å². The first-order valence-electron chi connectivity index (χ1n) is 4.64. The Morgan fingerprint density at radius 2 is 2.17 bits per heavy atom. The summed E-state index contributed by atoms with van der Waals surface area (Å²) >= 11 is 0. The molecule has 0 spiro atoms. The zero-order chi connectivity index (χ0) is 8.97. The molecule has 0 bridgehead atoms. The van der Waals surface area contributed by atoms with Crippen LogP contribution in [0, 0.1) is 11.3 Å². The molecule has 0 aromatic carbocycles. The SMILES string of the molecule is CC1CCCCC1OCC(=N)N. The number of nitrogens with two attached hydrogens (primary N) is 1. The summed E-state index contributed by atoms with van der Waals surface area (Å²) in [5.41, 5.74) is 5.21. The van der Waals surface area contributed by atoms with E-state index in [1.54, 1.807) is 0 Å². The average molecular weight is 170 g/mol. The van der Waals surface area contributed by atoms with Gasteiger partial charge in [-0.3, -0.25) is 5.41 Å². The van der Waals surface area contributed by atoms with Crippen LogP contribution in [0.1, 0.15) is 32.6 Å². The molecule has 12 heavy (non-hydrogen) atoms. The molecule has 3 nitrogen and oxygen atoms in total. The van der Waals surface area contributed by atoms with Crippen molar-refractivity contribution < 1.29 is 4.74 Å². The molecule has 1 aliphatic carbocycles. The molecule has 70 valence electrons. The van der Waals surface area contributed by atoms with Crippen molar-refractivity contribution >= 4 is 5.84 Å². The second-order valence-electron chi connectivity index (χ2n) is 3.64. The van der Waals surface area contributed by atoms with Crippen molar-refractivity contribution in [1.82, 2.24) is 0 Å². The Morgan fingerprint density at radius 1 is 1.50 bits per heavy atom. The van der Waals surface area contributed by atoms with Crippen LogP contribution in [0.15, 0.2) is 0 Å². The van der Waals surface area contributed by atoms with Gasteiger partial charge < -0.3 is 10.5 Å². The number of hydrogen-bond donors (Lipinski definition) is 2. The fourth-order valence-corrected chi connectivity index (χ4v) is 1.73. The van der Waals surface area contributed by atoms with Gasteiger partial charge in [-0.2, -0.15) is 0 Å². The monoisotopic (exact) mass is 170 g/mol. The first-order valence-corrected chi connectivity index (χ1v) is 4.64. The number of amidine groups is 1. The first-order chi connectivity index (χ1) is 5.70. The average Bonchev–Trinajstić information content (AvgIpc) is 2.03. The maximum atomic E-state index is 7.03. The number of hydrogen-bond acceptors (Lipinski definition) is 2. The topological polar surface area (TPSA) is 59.1 Å². The van der Waals surface area contributed by atoms with E-state index in [0.717, 1.165) is 6.42 Å². The van der Waals surface area contributed by atoms with Crippen LogP contribution in [0.3, 0.4) is 0 Å². The standard InChI is InChI=1S/C9H18N2O/c1-7-4-2-3-5-8(7)12-6-9(10)11/h7-8H,2-6H2,1H3,(H3,10,11). The number of rotatable bonds is 3. The summed E-state index contributed by atoms with van der Waals surface area (Å²) in [6.45, 7) is 2.51. The van der Waals surface area contributed by atoms with Crippen molar-refractivity contribution in [1.29, 1.82) is 5.41 Å². The minimum absolute atomic E-state index is 0.132. The van der Waals surface area contributed by atoms with Crippen molar-refractivity contribution in [3.63, 3.8) is 0 Å². The summed E-state index contributed by atoms with van der Waals surface area (Å²) in [7, 11) is 0. The third-order valence-electron chi connectivity index (χ3n) is 2.49. The van der Waals surface area contributed by atoms with Crippen LogP contribution in [-0.4, -0.2) is 18.5 Å². The quantitative estimate of drug-likeness (QED) is 0.498. The summed E-state index contributed by atoms with van der Waals surface area (Å²) in [6.07, 6.45) is 5.30. The predicted molar refractivity (Wildman–Crippen MR) is 49.3 cm³/mol. The zero-order valence-corrected chi connectivity index (χ0v) is 7.68. The highest BCUT2D eigenvalue weighted by Crippen LogP contribution is 2.25. The lowest BCUT2D eigenvalue weighted by Crippen LogP contribution is -2.29. The highest BCUT2D eigenvalue weighted by molar-refractivity contribution is 5.78. The molecule has 0 aromatic rings. The molecule has 0 heterocycles. The maximum Gasteiger partial charge on any atom is 0.117 e. The minimum Gasteiger partial charge on any atom is -0.386 e. The van der Waals surface area contributed by atoms with Gasteiger partial charge in [0.1, 0.15) is 12.4 Å². The fourth-order valence-electron chi connectivity index (χ4n) is 1.73. The summed E-state index contributed by atoms with van der Waals surface area (Å²) in [5.74, 6) is 0.769. The van der Waals surface area contributed by atoms with Gasteiger partial charge in [0.05, 0.1) is 6.10 Å². The van der Waals surface area contributed by atoms with E-state index < -0.39 is 0 Å². The van der Waals surface area contributed by atoms with Crippen molar-refractivity contribution in [2.24, 2.45) is 11.7 Å². The van der Waals surface area contributed by atoms with Crippen LogP contribution in [0.2, 0.25) is 0 Å². The van der Waals surface area contributed by atoms with Gasteiger partial charge in [-0.05, 0) is 18.8 Å². The Labute approximate surface area is 73.8 Å². The van der Waals surface area contributed by atoms with E-state index in [9.17, 15) is 0 Å². The second kappa shape index (κ2) is 4.45. The summed E-state index contributed by atoms with van der Waals surface area (Å²) in [5, 5.41) is 7.03. The lowest BCUT2D eigenvalue weighted by atomic mass is 9.88. The van der Waals surface area contributed by atoms with E-state index in [1.807, 2.05) is 0 Å². The van der Waals surface area contributed by atoms with Crippen LogP contribution < -0.4 is 5.73 Å². The second-order valence-corrected chi connectivity index (χ2v) is 3.64.